The number of hydrogen-bond acceptors (Lipinski definition) is 4. The molecule has 0 atom stereocenters. The molecular weight excluding hydrogens is 392 g/mol. The van der Waals surface area contributed by atoms with Gasteiger partial charge in [0.1, 0.15) is 12.4 Å². The van der Waals surface area contributed by atoms with Crippen LogP contribution in [-0.2, 0) is 19.6 Å². The van der Waals surface area contributed by atoms with Crippen molar-refractivity contribution in [2.24, 2.45) is 0 Å². The highest BCUT2D eigenvalue weighted by Gasteiger charge is 2.24. The molecule has 3 aromatic rings. The molecule has 31 heavy (non-hydrogen) atoms. The van der Waals surface area contributed by atoms with E-state index >= 15 is 0 Å². The molecule has 0 saturated heterocycles. The lowest BCUT2D eigenvalue weighted by Gasteiger charge is -2.20. The molecule has 0 fully saturated rings. The van der Waals surface area contributed by atoms with E-state index in [-0.39, 0.29) is 11.8 Å². The summed E-state index contributed by atoms with van der Waals surface area (Å²) in [5.74, 6) is 0.470. The maximum Gasteiger partial charge on any atom is 0.257 e. The first-order valence-electron chi connectivity index (χ1n) is 10.5. The number of nitrogens with one attached hydrogen (secondary N) is 1. The Labute approximate surface area is 181 Å². The van der Waals surface area contributed by atoms with Crippen LogP contribution in [0.15, 0.2) is 54.7 Å². The Balaban J connectivity index is 1.50. The summed E-state index contributed by atoms with van der Waals surface area (Å²) in [6.45, 7) is 6.32. The number of amides is 2. The summed E-state index contributed by atoms with van der Waals surface area (Å²) in [5.41, 5.74) is 3.85. The third kappa shape index (κ3) is 4.45. The van der Waals surface area contributed by atoms with Crippen LogP contribution in [0.4, 0.5) is 0 Å². The van der Waals surface area contributed by atoms with E-state index in [1.54, 1.807) is 23.2 Å². The average Bonchev–Trinajstić information content (AvgIpc) is 3.03. The summed E-state index contributed by atoms with van der Waals surface area (Å²) in [4.78, 5) is 27.5. The molecule has 7 heteroatoms. The molecule has 0 spiro atoms. The van der Waals surface area contributed by atoms with E-state index in [1.165, 1.54) is 0 Å². The second-order valence-corrected chi connectivity index (χ2v) is 7.53. The van der Waals surface area contributed by atoms with Crippen molar-refractivity contribution >= 4 is 11.8 Å². The van der Waals surface area contributed by atoms with Gasteiger partial charge in [0.15, 0.2) is 0 Å². The molecule has 0 unspecified atom stereocenters. The standard InChI is InChI=1S/C24H26N4O3/c1-3-28-17(2)21(15-26-28)24(30)27-11-12-31-22-10-9-19(13-20(22)16-27)23(29)25-14-18-7-5-4-6-8-18/h4-10,13,15H,3,11-12,14,16H2,1-2H3,(H,25,29). The third-order valence-electron chi connectivity index (χ3n) is 5.52. The number of aryl methyl sites for hydroxylation is 1. The molecule has 160 valence electrons. The quantitative estimate of drug-likeness (QED) is 0.691. The van der Waals surface area contributed by atoms with Crippen molar-refractivity contribution in [3.05, 3.63) is 82.7 Å². The van der Waals surface area contributed by atoms with E-state index < -0.39 is 0 Å². The average molecular weight is 418 g/mol. The van der Waals surface area contributed by atoms with Gasteiger partial charge in [-0.2, -0.15) is 5.10 Å². The molecule has 1 N–H and O–H groups in total. The Morgan fingerprint density at radius 3 is 2.71 bits per heavy atom. The van der Waals surface area contributed by atoms with Gasteiger partial charge in [-0.15, -0.1) is 0 Å². The van der Waals surface area contributed by atoms with Crippen LogP contribution < -0.4 is 10.1 Å². The third-order valence-corrected chi connectivity index (χ3v) is 5.52. The lowest BCUT2D eigenvalue weighted by molar-refractivity contribution is 0.0732. The first-order chi connectivity index (χ1) is 15.1. The van der Waals surface area contributed by atoms with Crippen LogP contribution in [-0.4, -0.2) is 39.6 Å². The largest absolute Gasteiger partial charge is 0.491 e. The number of nitrogens with zero attached hydrogens (tertiary/aromatic N) is 3. The van der Waals surface area contributed by atoms with Gasteiger partial charge in [-0.1, -0.05) is 30.3 Å². The lowest BCUT2D eigenvalue weighted by atomic mass is 10.1. The lowest BCUT2D eigenvalue weighted by Crippen LogP contribution is -2.32. The van der Waals surface area contributed by atoms with E-state index in [4.69, 9.17) is 4.74 Å². The number of fused-ring (bicyclic) bond motifs is 1. The summed E-state index contributed by atoms with van der Waals surface area (Å²) in [7, 11) is 0. The molecule has 0 aliphatic carbocycles. The molecule has 1 aliphatic heterocycles. The van der Waals surface area contributed by atoms with Crippen molar-refractivity contribution in [3.8, 4) is 5.75 Å². The highest BCUT2D eigenvalue weighted by Crippen LogP contribution is 2.26. The van der Waals surface area contributed by atoms with E-state index in [0.29, 0.717) is 49.7 Å². The predicted molar refractivity (Wildman–Crippen MR) is 117 cm³/mol. The molecule has 2 heterocycles. The molecule has 1 aliphatic rings. The maximum atomic E-state index is 13.1. The number of carbonyl (C=O) groups is 2. The minimum Gasteiger partial charge on any atom is -0.491 e. The van der Waals surface area contributed by atoms with Crippen LogP contribution in [0.2, 0.25) is 0 Å². The summed E-state index contributed by atoms with van der Waals surface area (Å²) >= 11 is 0. The van der Waals surface area contributed by atoms with Crippen LogP contribution in [0, 0.1) is 6.92 Å². The summed E-state index contributed by atoms with van der Waals surface area (Å²) in [6, 6.07) is 15.1. The number of rotatable bonds is 5. The zero-order valence-electron chi connectivity index (χ0n) is 17.8. The first-order valence-corrected chi connectivity index (χ1v) is 10.5. The van der Waals surface area contributed by atoms with E-state index in [9.17, 15) is 9.59 Å². The Morgan fingerprint density at radius 2 is 1.97 bits per heavy atom. The number of aromatic nitrogens is 2. The fraction of sp³-hybridized carbons (Fsp3) is 0.292. The molecule has 0 bridgehead atoms. The summed E-state index contributed by atoms with van der Waals surface area (Å²) in [6.07, 6.45) is 1.63. The molecule has 2 aromatic carbocycles. The van der Waals surface area contributed by atoms with Crippen LogP contribution in [0.25, 0.3) is 0 Å². The number of benzene rings is 2. The molecule has 0 saturated carbocycles. The number of ether oxygens (including phenoxy) is 1. The highest BCUT2D eigenvalue weighted by molar-refractivity contribution is 5.96. The van der Waals surface area contributed by atoms with Crippen molar-refractivity contribution in [2.45, 2.75) is 33.5 Å². The van der Waals surface area contributed by atoms with E-state index in [1.807, 2.05) is 54.9 Å². The summed E-state index contributed by atoms with van der Waals surface area (Å²) in [5, 5.41) is 7.23. The van der Waals surface area contributed by atoms with Crippen LogP contribution in [0.1, 0.15) is 44.5 Å². The van der Waals surface area contributed by atoms with Gasteiger partial charge in [0, 0.05) is 36.5 Å². The van der Waals surface area contributed by atoms with Gasteiger partial charge in [-0.05, 0) is 37.6 Å². The number of hydrogen-bond donors (Lipinski definition) is 1. The molecule has 0 radical (unpaired) electrons. The molecule has 7 nitrogen and oxygen atoms in total. The van der Waals surface area contributed by atoms with E-state index in [0.717, 1.165) is 16.8 Å². The van der Waals surface area contributed by atoms with Crippen LogP contribution >= 0.6 is 0 Å². The van der Waals surface area contributed by atoms with E-state index in [2.05, 4.69) is 10.4 Å². The smallest absolute Gasteiger partial charge is 0.257 e. The second kappa shape index (κ2) is 9.04. The Morgan fingerprint density at radius 1 is 1.16 bits per heavy atom. The zero-order valence-corrected chi connectivity index (χ0v) is 17.8. The Hall–Kier alpha value is -3.61. The SMILES string of the molecule is CCn1ncc(C(=O)N2CCOc3ccc(C(=O)NCc4ccccc4)cc3C2)c1C. The normalized spacial score (nSPS) is 13.2. The van der Waals surface area contributed by atoms with Crippen molar-refractivity contribution in [1.82, 2.24) is 20.0 Å². The fourth-order valence-electron chi connectivity index (χ4n) is 3.73. The topological polar surface area (TPSA) is 76.5 Å². The molecule has 4 rings (SSSR count). The maximum absolute atomic E-state index is 13.1. The van der Waals surface area contributed by atoms with Crippen LogP contribution in [0.5, 0.6) is 5.75 Å². The van der Waals surface area contributed by atoms with Gasteiger partial charge in [0.2, 0.25) is 0 Å². The number of carbonyl (C=O) groups excluding carboxylic acids is 2. The molecule has 2 amide bonds. The van der Waals surface area contributed by atoms with Crippen LogP contribution in [0.3, 0.4) is 0 Å². The van der Waals surface area contributed by atoms with Crippen molar-refractivity contribution in [3.63, 3.8) is 0 Å². The van der Waals surface area contributed by atoms with Crippen molar-refractivity contribution < 1.29 is 14.3 Å². The molecule has 1 aromatic heterocycles. The predicted octanol–water partition coefficient (Wildman–Crippen LogP) is 3.18. The summed E-state index contributed by atoms with van der Waals surface area (Å²) < 4.78 is 7.65. The van der Waals surface area contributed by atoms with Gasteiger partial charge in [0.25, 0.3) is 11.8 Å². The first kappa shape index (κ1) is 20.7. The second-order valence-electron chi connectivity index (χ2n) is 7.53. The van der Waals surface area contributed by atoms with Crippen molar-refractivity contribution in [1.29, 1.82) is 0 Å². The Bertz CT molecular complexity index is 1090. The van der Waals surface area contributed by atoms with Gasteiger partial charge < -0.3 is 15.0 Å². The highest BCUT2D eigenvalue weighted by atomic mass is 16.5. The Kier molecular flexibility index (Phi) is 6.02. The zero-order chi connectivity index (χ0) is 21.8. The van der Waals surface area contributed by atoms with Gasteiger partial charge in [0.05, 0.1) is 18.3 Å². The van der Waals surface area contributed by atoms with Gasteiger partial charge in [-0.25, -0.2) is 0 Å². The molecular formula is C24H26N4O3. The fourth-order valence-corrected chi connectivity index (χ4v) is 3.73. The van der Waals surface area contributed by atoms with Gasteiger partial charge in [-0.3, -0.25) is 14.3 Å². The van der Waals surface area contributed by atoms with Gasteiger partial charge >= 0.3 is 0 Å². The van der Waals surface area contributed by atoms with Crippen molar-refractivity contribution in [2.75, 3.05) is 13.2 Å². The minimum absolute atomic E-state index is 0.0763. The minimum atomic E-state index is -0.158. The monoisotopic (exact) mass is 418 g/mol.